The number of nitrogens with zero attached hydrogens (tertiary/aromatic N) is 1. The summed E-state index contributed by atoms with van der Waals surface area (Å²) in [5, 5.41) is 5.83. The zero-order chi connectivity index (χ0) is 27.3. The molecule has 0 saturated heterocycles. The van der Waals surface area contributed by atoms with Gasteiger partial charge >= 0.3 is 5.97 Å². The monoisotopic (exact) mass is 545 g/mol. The van der Waals surface area contributed by atoms with Gasteiger partial charge in [-0.15, -0.1) is 23.1 Å². The minimum absolute atomic E-state index is 0.0239. The van der Waals surface area contributed by atoms with Crippen molar-refractivity contribution in [2.75, 3.05) is 23.8 Å². The molecule has 1 aromatic carbocycles. The summed E-state index contributed by atoms with van der Waals surface area (Å²) in [7, 11) is 0. The molecular formula is C27H35N3O5S2. The number of ether oxygens (including phenoxy) is 1. The molecule has 0 spiro atoms. The first-order chi connectivity index (χ1) is 17.4. The van der Waals surface area contributed by atoms with Crippen LogP contribution in [0.1, 0.15) is 68.8 Å². The summed E-state index contributed by atoms with van der Waals surface area (Å²) >= 11 is 2.68. The van der Waals surface area contributed by atoms with E-state index in [1.165, 1.54) is 30.0 Å². The Balaban J connectivity index is 1.73. The van der Waals surface area contributed by atoms with Crippen molar-refractivity contribution in [3.8, 4) is 0 Å². The van der Waals surface area contributed by atoms with Crippen LogP contribution < -0.4 is 10.6 Å². The number of anilines is 2. The molecule has 2 N–H and O–H groups in total. The van der Waals surface area contributed by atoms with Crippen LogP contribution in [-0.4, -0.2) is 47.0 Å². The lowest BCUT2D eigenvalue weighted by Crippen LogP contribution is -2.34. The predicted molar refractivity (Wildman–Crippen MR) is 148 cm³/mol. The number of carbonyl (C=O) groups is 4. The molecule has 1 aromatic heterocycles. The van der Waals surface area contributed by atoms with Crippen molar-refractivity contribution < 1.29 is 23.9 Å². The van der Waals surface area contributed by atoms with Gasteiger partial charge in [-0.2, -0.15) is 0 Å². The zero-order valence-electron chi connectivity index (χ0n) is 22.2. The van der Waals surface area contributed by atoms with E-state index in [0.717, 1.165) is 15.3 Å². The molecule has 8 nitrogen and oxygen atoms in total. The maximum atomic E-state index is 13.1. The Morgan fingerprint density at radius 2 is 1.92 bits per heavy atom. The van der Waals surface area contributed by atoms with E-state index in [1.807, 2.05) is 45.0 Å². The second kappa shape index (κ2) is 12.1. The average Bonchev–Trinajstić information content (AvgIpc) is 3.15. The summed E-state index contributed by atoms with van der Waals surface area (Å²) in [4.78, 5) is 53.5. The molecule has 0 radical (unpaired) electrons. The third-order valence-corrected chi connectivity index (χ3v) is 7.94. The van der Waals surface area contributed by atoms with E-state index in [0.29, 0.717) is 42.2 Å². The smallest absolute Gasteiger partial charge is 0.341 e. The summed E-state index contributed by atoms with van der Waals surface area (Å²) in [6.45, 7) is 12.2. The van der Waals surface area contributed by atoms with Crippen molar-refractivity contribution in [1.82, 2.24) is 4.90 Å². The molecule has 3 rings (SSSR count). The van der Waals surface area contributed by atoms with Crippen molar-refractivity contribution in [3.63, 3.8) is 0 Å². The highest BCUT2D eigenvalue weighted by molar-refractivity contribution is 8.00. The Hall–Kier alpha value is -2.85. The number of benzene rings is 1. The Labute approximate surface area is 226 Å². The van der Waals surface area contributed by atoms with E-state index in [4.69, 9.17) is 4.74 Å². The zero-order valence-corrected chi connectivity index (χ0v) is 23.9. The van der Waals surface area contributed by atoms with Crippen molar-refractivity contribution in [2.24, 2.45) is 5.41 Å². The van der Waals surface area contributed by atoms with Gasteiger partial charge in [0.05, 0.1) is 24.0 Å². The molecule has 3 amide bonds. The third kappa shape index (κ3) is 7.82. The second-order valence-electron chi connectivity index (χ2n) is 10.2. The number of esters is 1. The number of carbonyl (C=O) groups excluding carboxylic acids is 4. The summed E-state index contributed by atoms with van der Waals surface area (Å²) < 4.78 is 5.28. The molecule has 0 aliphatic carbocycles. The van der Waals surface area contributed by atoms with Crippen LogP contribution in [0.5, 0.6) is 0 Å². The number of amides is 3. The molecule has 200 valence electrons. The van der Waals surface area contributed by atoms with E-state index in [-0.39, 0.29) is 29.7 Å². The van der Waals surface area contributed by atoms with Crippen molar-refractivity contribution >= 4 is 57.5 Å². The van der Waals surface area contributed by atoms with Crippen LogP contribution in [0, 0.1) is 5.41 Å². The summed E-state index contributed by atoms with van der Waals surface area (Å²) in [5.41, 5.74) is 1.79. The number of rotatable bonds is 8. The molecule has 37 heavy (non-hydrogen) atoms. The third-order valence-electron chi connectivity index (χ3n) is 5.71. The largest absolute Gasteiger partial charge is 0.462 e. The van der Waals surface area contributed by atoms with Crippen molar-refractivity contribution in [3.05, 3.63) is 40.3 Å². The van der Waals surface area contributed by atoms with Crippen molar-refractivity contribution in [2.45, 2.75) is 71.1 Å². The Bertz CT molecular complexity index is 1190. The van der Waals surface area contributed by atoms with Gasteiger partial charge in [0.15, 0.2) is 0 Å². The van der Waals surface area contributed by atoms with Gasteiger partial charge in [-0.3, -0.25) is 14.4 Å². The number of hydrogen-bond acceptors (Lipinski definition) is 7. The minimum Gasteiger partial charge on any atom is -0.462 e. The molecule has 1 atom stereocenters. The molecule has 1 unspecified atom stereocenters. The fourth-order valence-corrected chi connectivity index (χ4v) is 6.17. The molecule has 1 aliphatic heterocycles. The first-order valence-corrected chi connectivity index (χ1v) is 14.0. The highest BCUT2D eigenvalue weighted by atomic mass is 32.2. The maximum Gasteiger partial charge on any atom is 0.341 e. The fraction of sp³-hybridized carbons (Fsp3) is 0.481. The van der Waals surface area contributed by atoms with Crippen LogP contribution >= 0.6 is 23.1 Å². The Morgan fingerprint density at radius 1 is 1.19 bits per heavy atom. The van der Waals surface area contributed by atoms with Gasteiger partial charge in [0.1, 0.15) is 5.00 Å². The van der Waals surface area contributed by atoms with Crippen LogP contribution in [0.25, 0.3) is 0 Å². The lowest BCUT2D eigenvalue weighted by atomic mass is 9.92. The van der Waals surface area contributed by atoms with Gasteiger partial charge in [0, 0.05) is 35.3 Å². The molecular weight excluding hydrogens is 510 g/mol. The van der Waals surface area contributed by atoms with E-state index in [1.54, 1.807) is 18.7 Å². The number of nitrogens with one attached hydrogen (secondary N) is 2. The van der Waals surface area contributed by atoms with E-state index < -0.39 is 11.2 Å². The highest BCUT2D eigenvalue weighted by Gasteiger charge is 2.31. The summed E-state index contributed by atoms with van der Waals surface area (Å²) in [6.07, 6.45) is 0.939. The van der Waals surface area contributed by atoms with Gasteiger partial charge in [-0.1, -0.05) is 26.8 Å². The molecule has 0 fully saturated rings. The number of fused-ring (bicyclic) bond motifs is 1. The van der Waals surface area contributed by atoms with E-state index >= 15 is 0 Å². The van der Waals surface area contributed by atoms with Crippen LogP contribution in [0.2, 0.25) is 0 Å². The molecule has 2 heterocycles. The van der Waals surface area contributed by atoms with Crippen molar-refractivity contribution in [1.29, 1.82) is 0 Å². The molecule has 10 heteroatoms. The molecule has 0 saturated carbocycles. The van der Waals surface area contributed by atoms with E-state index in [9.17, 15) is 19.2 Å². The second-order valence-corrected chi connectivity index (χ2v) is 12.7. The quantitative estimate of drug-likeness (QED) is 0.344. The first kappa shape index (κ1) is 28.7. The highest BCUT2D eigenvalue weighted by Crippen LogP contribution is 2.38. The predicted octanol–water partition coefficient (Wildman–Crippen LogP) is 5.32. The molecule has 1 aliphatic rings. The number of thioether (sulfide) groups is 1. The standard InChI is InChI=1S/C27H35N3O5S2/c1-7-35-26(34)23-20-11-12-30(17(3)31)15-21(20)37-25(23)29-24(33)16(2)36-19-10-8-9-18(13-19)28-22(32)14-27(4,5)6/h8-10,13,16H,7,11-12,14-15H2,1-6H3,(H,28,32)(H,29,33). The van der Waals surface area contributed by atoms with E-state index in [2.05, 4.69) is 10.6 Å². The van der Waals surface area contributed by atoms with Gasteiger partial charge in [-0.25, -0.2) is 4.79 Å². The lowest BCUT2D eigenvalue weighted by molar-refractivity contribution is -0.129. The van der Waals surface area contributed by atoms with Gasteiger partial charge < -0.3 is 20.3 Å². The Morgan fingerprint density at radius 3 is 2.57 bits per heavy atom. The van der Waals surface area contributed by atoms with Crippen LogP contribution in [0.4, 0.5) is 10.7 Å². The van der Waals surface area contributed by atoms with Gasteiger partial charge in [-0.05, 0) is 49.4 Å². The molecule has 0 bridgehead atoms. The summed E-state index contributed by atoms with van der Waals surface area (Å²) in [6, 6.07) is 7.39. The topological polar surface area (TPSA) is 105 Å². The van der Waals surface area contributed by atoms with Gasteiger partial charge in [0.25, 0.3) is 0 Å². The lowest BCUT2D eigenvalue weighted by Gasteiger charge is -2.25. The summed E-state index contributed by atoms with van der Waals surface area (Å²) in [5.74, 6) is -0.800. The fourth-order valence-electron chi connectivity index (χ4n) is 3.98. The van der Waals surface area contributed by atoms with Crippen LogP contribution in [0.3, 0.4) is 0 Å². The SMILES string of the molecule is CCOC(=O)c1c(NC(=O)C(C)Sc2cccc(NC(=O)CC(C)(C)C)c2)sc2c1CCN(C(C)=O)C2. The Kier molecular flexibility index (Phi) is 9.41. The normalized spacial score (nSPS) is 13.9. The number of thiophene rings is 1. The van der Waals surface area contributed by atoms with Gasteiger partial charge in [0.2, 0.25) is 17.7 Å². The average molecular weight is 546 g/mol. The van der Waals surface area contributed by atoms with Crippen LogP contribution in [0.15, 0.2) is 29.2 Å². The molecule has 2 aromatic rings. The maximum absolute atomic E-state index is 13.1. The first-order valence-electron chi connectivity index (χ1n) is 12.3. The van der Waals surface area contributed by atoms with Crippen LogP contribution in [-0.2, 0) is 32.1 Å². The minimum atomic E-state index is -0.469. The number of hydrogen-bond donors (Lipinski definition) is 2.